The lowest BCUT2D eigenvalue weighted by Crippen LogP contribution is -2.26. The highest BCUT2D eigenvalue weighted by Gasteiger charge is 2.14. The van der Waals surface area contributed by atoms with Crippen molar-refractivity contribution < 1.29 is 9.18 Å². The van der Waals surface area contributed by atoms with Crippen LogP contribution in [0, 0.1) is 5.82 Å². The summed E-state index contributed by atoms with van der Waals surface area (Å²) in [6, 6.07) is 11.7. The maximum atomic E-state index is 13.2. The van der Waals surface area contributed by atoms with Crippen molar-refractivity contribution >= 4 is 11.6 Å². The van der Waals surface area contributed by atoms with Gasteiger partial charge in [0.05, 0.1) is 0 Å². The quantitative estimate of drug-likeness (QED) is 0.593. The number of hydrogen-bond acceptors (Lipinski definition) is 4. The molecule has 4 aromatic rings. The van der Waals surface area contributed by atoms with Crippen molar-refractivity contribution in [3.63, 3.8) is 0 Å². The summed E-state index contributed by atoms with van der Waals surface area (Å²) < 4.78 is 14.9. The second-order valence-electron chi connectivity index (χ2n) is 5.97. The van der Waals surface area contributed by atoms with Crippen molar-refractivity contribution in [2.45, 2.75) is 6.42 Å². The third kappa shape index (κ3) is 3.67. The van der Waals surface area contributed by atoms with Gasteiger partial charge in [-0.2, -0.15) is 0 Å². The number of carbonyl (C=O) groups excluding carboxylic acids is 1. The van der Waals surface area contributed by atoms with Crippen LogP contribution in [0.1, 0.15) is 16.2 Å². The van der Waals surface area contributed by atoms with Gasteiger partial charge in [0.1, 0.15) is 17.2 Å². The molecule has 0 aliphatic rings. The van der Waals surface area contributed by atoms with Crippen molar-refractivity contribution in [2.24, 2.45) is 0 Å². The second-order valence-corrected chi connectivity index (χ2v) is 5.97. The predicted octanol–water partition coefficient (Wildman–Crippen LogP) is 2.90. The number of carbonyl (C=O) groups is 1. The number of imidazole rings is 1. The van der Waals surface area contributed by atoms with E-state index in [2.05, 4.69) is 20.3 Å². The Morgan fingerprint density at radius 2 is 1.93 bits per heavy atom. The van der Waals surface area contributed by atoms with Crippen LogP contribution in [0.2, 0.25) is 0 Å². The Balaban J connectivity index is 1.53. The highest BCUT2D eigenvalue weighted by molar-refractivity contribution is 5.93. The number of nitrogens with zero attached hydrogens (tertiary/aromatic N) is 4. The fourth-order valence-electron chi connectivity index (χ4n) is 2.78. The van der Waals surface area contributed by atoms with Crippen molar-refractivity contribution in [1.29, 1.82) is 0 Å². The molecular formula is C20H16FN5O. The van der Waals surface area contributed by atoms with Crippen LogP contribution in [0.3, 0.4) is 0 Å². The summed E-state index contributed by atoms with van der Waals surface area (Å²) in [5.74, 6) is -0.582. The van der Waals surface area contributed by atoms with Crippen LogP contribution < -0.4 is 5.32 Å². The van der Waals surface area contributed by atoms with Crippen molar-refractivity contribution in [3.05, 3.63) is 84.5 Å². The van der Waals surface area contributed by atoms with E-state index in [0.29, 0.717) is 30.0 Å². The molecule has 1 amide bonds. The molecule has 0 unspecified atom stereocenters. The molecule has 0 aliphatic heterocycles. The largest absolute Gasteiger partial charge is 0.350 e. The standard InChI is InChI=1S/C20H16FN5O/c21-15-6-4-14(5-7-15)18-19-25-17(13-26(19)12-11-23-18)20(27)24-10-8-16-3-1-2-9-22-16/h1-7,9,11-13H,8,10H2,(H,24,27). The van der Waals surface area contributed by atoms with Crippen LogP contribution in [0.5, 0.6) is 0 Å². The Morgan fingerprint density at radius 1 is 1.07 bits per heavy atom. The van der Waals surface area contributed by atoms with E-state index in [-0.39, 0.29) is 11.7 Å². The molecule has 6 nitrogen and oxygen atoms in total. The number of halogens is 1. The van der Waals surface area contributed by atoms with Gasteiger partial charge in [-0.05, 0) is 36.4 Å². The van der Waals surface area contributed by atoms with Crippen LogP contribution in [-0.2, 0) is 6.42 Å². The topological polar surface area (TPSA) is 72.2 Å². The molecule has 27 heavy (non-hydrogen) atoms. The number of fused-ring (bicyclic) bond motifs is 1. The lowest BCUT2D eigenvalue weighted by molar-refractivity contribution is 0.0949. The summed E-state index contributed by atoms with van der Waals surface area (Å²) in [5, 5.41) is 2.85. The normalized spacial score (nSPS) is 10.9. The Morgan fingerprint density at radius 3 is 2.70 bits per heavy atom. The molecule has 0 atom stereocenters. The summed E-state index contributed by atoms with van der Waals surface area (Å²) in [7, 11) is 0. The summed E-state index contributed by atoms with van der Waals surface area (Å²) >= 11 is 0. The minimum Gasteiger partial charge on any atom is -0.350 e. The molecule has 7 heteroatoms. The van der Waals surface area contributed by atoms with E-state index in [1.807, 2.05) is 18.2 Å². The highest BCUT2D eigenvalue weighted by Crippen LogP contribution is 2.22. The molecule has 0 saturated heterocycles. The maximum absolute atomic E-state index is 13.2. The third-order valence-corrected chi connectivity index (χ3v) is 4.12. The maximum Gasteiger partial charge on any atom is 0.271 e. The van der Waals surface area contributed by atoms with Gasteiger partial charge in [-0.1, -0.05) is 6.07 Å². The summed E-state index contributed by atoms with van der Waals surface area (Å²) in [6.45, 7) is 0.465. The molecule has 0 radical (unpaired) electrons. The van der Waals surface area contributed by atoms with Gasteiger partial charge >= 0.3 is 0 Å². The second kappa shape index (κ2) is 7.33. The number of amides is 1. The van der Waals surface area contributed by atoms with Gasteiger partial charge in [0.25, 0.3) is 5.91 Å². The molecule has 0 spiro atoms. The van der Waals surface area contributed by atoms with Crippen LogP contribution in [0.4, 0.5) is 4.39 Å². The molecule has 3 heterocycles. The number of aromatic nitrogens is 4. The lowest BCUT2D eigenvalue weighted by Gasteiger charge is -2.02. The first-order valence-electron chi connectivity index (χ1n) is 8.48. The van der Waals surface area contributed by atoms with Crippen LogP contribution >= 0.6 is 0 Å². The molecule has 1 N–H and O–H groups in total. The van der Waals surface area contributed by atoms with Crippen molar-refractivity contribution in [2.75, 3.05) is 6.54 Å². The fraction of sp³-hybridized carbons (Fsp3) is 0.100. The average Bonchev–Trinajstić information content (AvgIpc) is 3.14. The van der Waals surface area contributed by atoms with E-state index in [1.165, 1.54) is 12.1 Å². The Labute approximate surface area is 154 Å². The number of nitrogens with one attached hydrogen (secondary N) is 1. The van der Waals surface area contributed by atoms with Crippen molar-refractivity contribution in [3.8, 4) is 11.3 Å². The van der Waals surface area contributed by atoms with Gasteiger partial charge in [-0.25, -0.2) is 9.37 Å². The molecule has 0 bridgehead atoms. The van der Waals surface area contributed by atoms with Gasteiger partial charge in [0, 0.05) is 49.0 Å². The van der Waals surface area contributed by atoms with Crippen molar-refractivity contribution in [1.82, 2.24) is 24.7 Å². The smallest absolute Gasteiger partial charge is 0.271 e. The minimum absolute atomic E-state index is 0.264. The molecule has 0 fully saturated rings. The fourth-order valence-corrected chi connectivity index (χ4v) is 2.78. The van der Waals surface area contributed by atoms with Gasteiger partial charge < -0.3 is 9.72 Å². The molecule has 4 rings (SSSR count). The monoisotopic (exact) mass is 361 g/mol. The number of benzene rings is 1. The summed E-state index contributed by atoms with van der Waals surface area (Å²) in [5.41, 5.74) is 3.07. The zero-order chi connectivity index (χ0) is 18.6. The van der Waals surface area contributed by atoms with Gasteiger partial charge in [-0.3, -0.25) is 14.8 Å². The first kappa shape index (κ1) is 16.8. The Hall–Kier alpha value is -3.61. The Kier molecular flexibility index (Phi) is 4.57. The molecule has 3 aromatic heterocycles. The number of hydrogen-bond donors (Lipinski definition) is 1. The molecule has 134 valence electrons. The Bertz CT molecular complexity index is 1080. The zero-order valence-corrected chi connectivity index (χ0v) is 14.3. The van der Waals surface area contributed by atoms with Gasteiger partial charge in [0.2, 0.25) is 0 Å². The van der Waals surface area contributed by atoms with E-state index < -0.39 is 0 Å². The van der Waals surface area contributed by atoms with E-state index in [9.17, 15) is 9.18 Å². The van der Waals surface area contributed by atoms with E-state index in [1.54, 1.807) is 41.3 Å². The third-order valence-electron chi connectivity index (χ3n) is 4.12. The molecule has 1 aromatic carbocycles. The molecule has 0 aliphatic carbocycles. The number of rotatable bonds is 5. The molecular weight excluding hydrogens is 345 g/mol. The minimum atomic E-state index is -0.318. The predicted molar refractivity (Wildman–Crippen MR) is 98.7 cm³/mol. The van der Waals surface area contributed by atoms with Crippen LogP contribution in [-0.4, -0.2) is 31.8 Å². The number of pyridine rings is 1. The SMILES string of the molecule is O=C(NCCc1ccccn1)c1cn2ccnc(-c3ccc(F)cc3)c2n1. The van der Waals surface area contributed by atoms with E-state index in [4.69, 9.17) is 0 Å². The zero-order valence-electron chi connectivity index (χ0n) is 14.3. The van der Waals surface area contributed by atoms with E-state index >= 15 is 0 Å². The first-order valence-corrected chi connectivity index (χ1v) is 8.48. The summed E-state index contributed by atoms with van der Waals surface area (Å²) in [6.07, 6.45) is 7.36. The highest BCUT2D eigenvalue weighted by atomic mass is 19.1. The first-order chi connectivity index (χ1) is 13.2. The van der Waals surface area contributed by atoms with Gasteiger partial charge in [-0.15, -0.1) is 0 Å². The van der Waals surface area contributed by atoms with Crippen LogP contribution in [0.15, 0.2) is 67.3 Å². The molecule has 0 saturated carbocycles. The van der Waals surface area contributed by atoms with Crippen LogP contribution in [0.25, 0.3) is 16.9 Å². The summed E-state index contributed by atoms with van der Waals surface area (Å²) in [4.78, 5) is 25.4. The average molecular weight is 361 g/mol. The lowest BCUT2D eigenvalue weighted by atomic mass is 10.1. The van der Waals surface area contributed by atoms with Gasteiger partial charge in [0.15, 0.2) is 5.65 Å². The van der Waals surface area contributed by atoms with E-state index in [0.717, 1.165) is 11.3 Å².